The molecule has 0 aliphatic carbocycles. The average Bonchev–Trinajstić information content (AvgIpc) is 2.28. The SMILES string of the molecule is CC(C)C(=O)NC(C)c1ccc(CN)cc1. The van der Waals surface area contributed by atoms with E-state index in [0.717, 1.165) is 11.1 Å². The third-order valence-electron chi connectivity index (χ3n) is 2.60. The summed E-state index contributed by atoms with van der Waals surface area (Å²) in [4.78, 5) is 11.5. The van der Waals surface area contributed by atoms with Crippen molar-refractivity contribution in [1.29, 1.82) is 0 Å². The summed E-state index contributed by atoms with van der Waals surface area (Å²) in [5.74, 6) is 0.0983. The number of rotatable bonds is 4. The third-order valence-corrected chi connectivity index (χ3v) is 2.60. The zero-order valence-electron chi connectivity index (χ0n) is 10.2. The molecule has 0 fully saturated rings. The van der Waals surface area contributed by atoms with Gasteiger partial charge in [0.2, 0.25) is 5.91 Å². The van der Waals surface area contributed by atoms with Crippen LogP contribution >= 0.6 is 0 Å². The molecule has 1 unspecified atom stereocenters. The fraction of sp³-hybridized carbons (Fsp3) is 0.462. The molecule has 16 heavy (non-hydrogen) atoms. The van der Waals surface area contributed by atoms with E-state index >= 15 is 0 Å². The molecule has 0 heterocycles. The molecule has 1 atom stereocenters. The lowest BCUT2D eigenvalue weighted by atomic mass is 10.1. The van der Waals surface area contributed by atoms with Crippen molar-refractivity contribution in [2.75, 3.05) is 0 Å². The van der Waals surface area contributed by atoms with Crippen molar-refractivity contribution >= 4 is 5.91 Å². The van der Waals surface area contributed by atoms with Crippen LogP contribution < -0.4 is 11.1 Å². The van der Waals surface area contributed by atoms with Gasteiger partial charge in [0, 0.05) is 12.5 Å². The van der Waals surface area contributed by atoms with Crippen molar-refractivity contribution in [3.05, 3.63) is 35.4 Å². The van der Waals surface area contributed by atoms with E-state index in [1.54, 1.807) is 0 Å². The van der Waals surface area contributed by atoms with Gasteiger partial charge in [0.15, 0.2) is 0 Å². The van der Waals surface area contributed by atoms with Gasteiger partial charge in [-0.3, -0.25) is 4.79 Å². The Labute approximate surface area is 97.0 Å². The minimum atomic E-state index is 0.0192. The zero-order chi connectivity index (χ0) is 12.1. The van der Waals surface area contributed by atoms with Crippen LogP contribution in [0.25, 0.3) is 0 Å². The van der Waals surface area contributed by atoms with Gasteiger partial charge in [0.25, 0.3) is 0 Å². The van der Waals surface area contributed by atoms with Gasteiger partial charge in [0.05, 0.1) is 6.04 Å². The van der Waals surface area contributed by atoms with Crippen LogP contribution in [0.4, 0.5) is 0 Å². The molecule has 1 rings (SSSR count). The first-order chi connectivity index (χ1) is 7.54. The summed E-state index contributed by atoms with van der Waals surface area (Å²) in [5, 5.41) is 2.96. The Morgan fingerprint density at radius 3 is 2.25 bits per heavy atom. The van der Waals surface area contributed by atoms with Gasteiger partial charge in [-0.25, -0.2) is 0 Å². The van der Waals surface area contributed by atoms with Crippen LogP contribution in [0.1, 0.15) is 37.9 Å². The first kappa shape index (κ1) is 12.7. The van der Waals surface area contributed by atoms with E-state index in [1.807, 2.05) is 45.0 Å². The molecule has 0 aliphatic rings. The smallest absolute Gasteiger partial charge is 0.223 e. The molecule has 1 aromatic rings. The van der Waals surface area contributed by atoms with Crippen LogP contribution in [-0.4, -0.2) is 5.91 Å². The Balaban J connectivity index is 2.65. The molecule has 0 aliphatic heterocycles. The van der Waals surface area contributed by atoms with E-state index in [0.29, 0.717) is 6.54 Å². The number of amides is 1. The molecular weight excluding hydrogens is 200 g/mol. The Morgan fingerprint density at radius 1 is 1.25 bits per heavy atom. The largest absolute Gasteiger partial charge is 0.349 e. The van der Waals surface area contributed by atoms with E-state index in [1.165, 1.54) is 0 Å². The number of nitrogens with two attached hydrogens (primary N) is 1. The highest BCUT2D eigenvalue weighted by molar-refractivity contribution is 5.78. The fourth-order valence-corrected chi connectivity index (χ4v) is 1.41. The maximum Gasteiger partial charge on any atom is 0.223 e. The van der Waals surface area contributed by atoms with Crippen LogP contribution in [0.2, 0.25) is 0 Å². The minimum Gasteiger partial charge on any atom is -0.349 e. The zero-order valence-corrected chi connectivity index (χ0v) is 10.2. The Kier molecular flexibility index (Phi) is 4.50. The highest BCUT2D eigenvalue weighted by Gasteiger charge is 2.11. The lowest BCUT2D eigenvalue weighted by Gasteiger charge is -2.16. The molecule has 0 saturated carbocycles. The molecule has 0 saturated heterocycles. The molecule has 0 spiro atoms. The summed E-state index contributed by atoms with van der Waals surface area (Å²) < 4.78 is 0. The summed E-state index contributed by atoms with van der Waals surface area (Å²) in [6.45, 7) is 6.31. The topological polar surface area (TPSA) is 55.1 Å². The van der Waals surface area contributed by atoms with E-state index in [-0.39, 0.29) is 17.9 Å². The van der Waals surface area contributed by atoms with Gasteiger partial charge >= 0.3 is 0 Å². The molecule has 3 nitrogen and oxygen atoms in total. The third kappa shape index (κ3) is 3.35. The summed E-state index contributed by atoms with van der Waals surface area (Å²) in [7, 11) is 0. The first-order valence-corrected chi connectivity index (χ1v) is 5.64. The van der Waals surface area contributed by atoms with Crippen LogP contribution in [-0.2, 0) is 11.3 Å². The number of hydrogen-bond donors (Lipinski definition) is 2. The first-order valence-electron chi connectivity index (χ1n) is 5.64. The van der Waals surface area contributed by atoms with Gasteiger partial charge in [-0.15, -0.1) is 0 Å². The predicted molar refractivity (Wildman–Crippen MR) is 65.7 cm³/mol. The quantitative estimate of drug-likeness (QED) is 0.815. The average molecular weight is 220 g/mol. The van der Waals surface area contributed by atoms with Crippen molar-refractivity contribution in [3.8, 4) is 0 Å². The lowest BCUT2D eigenvalue weighted by Crippen LogP contribution is -2.30. The van der Waals surface area contributed by atoms with Crippen LogP contribution in [0, 0.1) is 5.92 Å². The van der Waals surface area contributed by atoms with E-state index in [2.05, 4.69) is 5.32 Å². The highest BCUT2D eigenvalue weighted by atomic mass is 16.1. The summed E-state index contributed by atoms with van der Waals surface area (Å²) in [5.41, 5.74) is 7.73. The van der Waals surface area contributed by atoms with Crippen molar-refractivity contribution in [3.63, 3.8) is 0 Å². The van der Waals surface area contributed by atoms with Crippen molar-refractivity contribution in [2.24, 2.45) is 11.7 Å². The normalized spacial score (nSPS) is 12.6. The van der Waals surface area contributed by atoms with Crippen molar-refractivity contribution in [1.82, 2.24) is 5.32 Å². The van der Waals surface area contributed by atoms with Gasteiger partial charge in [-0.1, -0.05) is 38.1 Å². The molecule has 3 N–H and O–H groups in total. The molecule has 1 aromatic carbocycles. The Bertz CT molecular complexity index is 343. The number of benzene rings is 1. The standard InChI is InChI=1S/C13H20N2O/c1-9(2)13(16)15-10(3)12-6-4-11(8-14)5-7-12/h4-7,9-10H,8,14H2,1-3H3,(H,15,16). The van der Waals surface area contributed by atoms with Crippen molar-refractivity contribution in [2.45, 2.75) is 33.4 Å². The number of carbonyl (C=O) groups is 1. The molecule has 1 amide bonds. The highest BCUT2D eigenvalue weighted by Crippen LogP contribution is 2.13. The molecule has 3 heteroatoms. The van der Waals surface area contributed by atoms with Gasteiger partial charge in [-0.05, 0) is 18.1 Å². The second-order valence-electron chi connectivity index (χ2n) is 4.33. The van der Waals surface area contributed by atoms with Crippen LogP contribution in [0.3, 0.4) is 0 Å². The molecule has 0 radical (unpaired) electrons. The van der Waals surface area contributed by atoms with E-state index in [9.17, 15) is 4.79 Å². The Morgan fingerprint density at radius 2 is 1.81 bits per heavy atom. The maximum absolute atomic E-state index is 11.5. The monoisotopic (exact) mass is 220 g/mol. The predicted octanol–water partition coefficient (Wildman–Crippen LogP) is 1.98. The maximum atomic E-state index is 11.5. The number of carbonyl (C=O) groups excluding carboxylic acids is 1. The minimum absolute atomic E-state index is 0.0192. The molecule has 88 valence electrons. The summed E-state index contributed by atoms with van der Waals surface area (Å²) >= 11 is 0. The molecular formula is C13H20N2O. The second-order valence-corrected chi connectivity index (χ2v) is 4.33. The van der Waals surface area contributed by atoms with E-state index < -0.39 is 0 Å². The van der Waals surface area contributed by atoms with Crippen LogP contribution in [0.5, 0.6) is 0 Å². The Hall–Kier alpha value is -1.35. The van der Waals surface area contributed by atoms with Crippen molar-refractivity contribution < 1.29 is 4.79 Å². The summed E-state index contributed by atoms with van der Waals surface area (Å²) in [6.07, 6.45) is 0. The number of hydrogen-bond acceptors (Lipinski definition) is 2. The lowest BCUT2D eigenvalue weighted by molar-refractivity contribution is -0.124. The van der Waals surface area contributed by atoms with Gasteiger partial charge in [0.1, 0.15) is 0 Å². The van der Waals surface area contributed by atoms with Gasteiger partial charge in [-0.2, -0.15) is 0 Å². The molecule has 0 aromatic heterocycles. The van der Waals surface area contributed by atoms with Gasteiger partial charge < -0.3 is 11.1 Å². The fourth-order valence-electron chi connectivity index (χ4n) is 1.41. The number of nitrogens with one attached hydrogen (secondary N) is 1. The second kappa shape index (κ2) is 5.66. The van der Waals surface area contributed by atoms with E-state index in [4.69, 9.17) is 5.73 Å². The summed E-state index contributed by atoms with van der Waals surface area (Å²) in [6, 6.07) is 8.04. The van der Waals surface area contributed by atoms with Crippen LogP contribution in [0.15, 0.2) is 24.3 Å². The molecule has 0 bridgehead atoms.